The monoisotopic (exact) mass is 664 g/mol. The number of nitrogens with zero attached hydrogens (tertiary/aromatic N) is 5. The molecule has 2 N–H and O–H groups in total. The Morgan fingerprint density at radius 2 is 1.67 bits per heavy atom. The fourth-order valence-corrected chi connectivity index (χ4v) is 8.00. The minimum atomic E-state index is -1.16. The van der Waals surface area contributed by atoms with Gasteiger partial charge in [0.05, 0.1) is 29.6 Å². The van der Waals surface area contributed by atoms with Crippen LogP contribution in [0.25, 0.3) is 11.2 Å². The Kier molecular flexibility index (Phi) is 7.95. The van der Waals surface area contributed by atoms with E-state index in [0.29, 0.717) is 35.1 Å². The number of aliphatic hydroxyl groups is 1. The molecule has 4 aliphatic rings. The normalized spacial score (nSPS) is 25.3. The Morgan fingerprint density at radius 1 is 0.918 bits per heavy atom. The first-order valence-electron chi connectivity index (χ1n) is 16.9. The second-order valence-corrected chi connectivity index (χ2v) is 13.4. The van der Waals surface area contributed by atoms with Crippen LogP contribution < -0.4 is 5.32 Å². The number of carbonyl (C=O) groups excluding carboxylic acids is 4. The Bertz CT molecular complexity index is 1960. The smallest absolute Gasteiger partial charge is 0.338 e. The third-order valence-corrected chi connectivity index (χ3v) is 10.5. The third-order valence-electron chi connectivity index (χ3n) is 10.5. The molecule has 2 aliphatic carbocycles. The standard InChI is InChI=1S/C36H36N6O7/c43-18-36-16-15-25(34(49-36)41-20-39-27-29(37-19-38-30(27)41)40-31(44)21-9-5-4-6-10-21)28(36)48-35(47)22-13-14-24-26(17-22)33(46)42(32(24)45)23-11-7-2-1-3-8-12-23/h4-6,9-10,13-14,17,19-20,23,25,28,34,43H,1-3,7-8,11-12,15-16,18H2,(H,37,38,40,44)/t25?,28?,34?,36-/m1/s1. The van der Waals surface area contributed by atoms with Crippen LogP contribution in [0.4, 0.5) is 5.82 Å². The Labute approximate surface area is 281 Å². The lowest BCUT2D eigenvalue weighted by Gasteiger charge is -2.30. The Balaban J connectivity index is 1.02. The van der Waals surface area contributed by atoms with Crippen LogP contribution in [0, 0.1) is 5.92 Å². The quantitative estimate of drug-likeness (QED) is 0.209. The highest BCUT2D eigenvalue weighted by atomic mass is 16.6. The zero-order chi connectivity index (χ0) is 33.7. The number of amides is 3. The van der Waals surface area contributed by atoms with Gasteiger partial charge in [0.15, 0.2) is 17.0 Å². The fraction of sp³-hybridized carbons (Fsp3) is 0.417. The average Bonchev–Trinajstić information content (AvgIpc) is 3.84. The number of rotatable bonds is 7. The number of carbonyl (C=O) groups is 4. The van der Waals surface area contributed by atoms with Gasteiger partial charge in [0.25, 0.3) is 17.7 Å². The highest BCUT2D eigenvalue weighted by Gasteiger charge is 2.62. The van der Waals surface area contributed by atoms with E-state index >= 15 is 0 Å². The first-order chi connectivity index (χ1) is 23.9. The fourth-order valence-electron chi connectivity index (χ4n) is 8.00. The summed E-state index contributed by atoms with van der Waals surface area (Å²) in [6.45, 7) is -0.383. The maximum Gasteiger partial charge on any atom is 0.338 e. The molecular formula is C36H36N6O7. The number of esters is 1. The lowest BCUT2D eigenvalue weighted by molar-refractivity contribution is -0.139. The van der Waals surface area contributed by atoms with Crippen molar-refractivity contribution < 1.29 is 33.8 Å². The highest BCUT2D eigenvalue weighted by Crippen LogP contribution is 2.54. The summed E-state index contributed by atoms with van der Waals surface area (Å²) in [5, 5.41) is 13.4. The zero-order valence-corrected chi connectivity index (χ0v) is 26.8. The van der Waals surface area contributed by atoms with Crippen molar-refractivity contribution in [2.24, 2.45) is 5.92 Å². The van der Waals surface area contributed by atoms with Crippen molar-refractivity contribution in [1.82, 2.24) is 24.4 Å². The molecular weight excluding hydrogens is 628 g/mol. The molecule has 2 aromatic carbocycles. The summed E-state index contributed by atoms with van der Waals surface area (Å²) < 4.78 is 14.2. The molecule has 3 amide bonds. The number of benzene rings is 2. The maximum absolute atomic E-state index is 13.7. The molecule has 0 radical (unpaired) electrons. The summed E-state index contributed by atoms with van der Waals surface area (Å²) in [5.74, 6) is -1.81. The van der Waals surface area contributed by atoms with Crippen LogP contribution in [0.15, 0.2) is 61.2 Å². The van der Waals surface area contributed by atoms with E-state index in [4.69, 9.17) is 9.47 Å². The minimum Gasteiger partial charge on any atom is -0.455 e. The van der Waals surface area contributed by atoms with Crippen LogP contribution >= 0.6 is 0 Å². The predicted octanol–water partition coefficient (Wildman–Crippen LogP) is 4.68. The van der Waals surface area contributed by atoms with Crippen molar-refractivity contribution in [3.05, 3.63) is 83.4 Å². The molecule has 252 valence electrons. The van der Waals surface area contributed by atoms with E-state index in [1.54, 1.807) is 28.8 Å². The second kappa shape index (κ2) is 12.5. The molecule has 49 heavy (non-hydrogen) atoms. The van der Waals surface area contributed by atoms with Crippen LogP contribution in [0.5, 0.6) is 0 Å². The molecule has 4 heterocycles. The first kappa shape index (κ1) is 31.3. The highest BCUT2D eigenvalue weighted by molar-refractivity contribution is 6.22. The van der Waals surface area contributed by atoms with Crippen molar-refractivity contribution in [3.8, 4) is 0 Å². The molecule has 4 atom stereocenters. The van der Waals surface area contributed by atoms with E-state index in [9.17, 15) is 24.3 Å². The van der Waals surface area contributed by atoms with Gasteiger partial charge in [-0.2, -0.15) is 0 Å². The van der Waals surface area contributed by atoms with Gasteiger partial charge in [-0.25, -0.2) is 19.7 Å². The zero-order valence-electron chi connectivity index (χ0n) is 26.8. The summed E-state index contributed by atoms with van der Waals surface area (Å²) in [5.41, 5.74) is 0.729. The Morgan fingerprint density at radius 3 is 2.45 bits per heavy atom. The van der Waals surface area contributed by atoms with Gasteiger partial charge in [-0.05, 0) is 56.0 Å². The van der Waals surface area contributed by atoms with Crippen molar-refractivity contribution in [2.75, 3.05) is 11.9 Å². The molecule has 1 saturated heterocycles. The minimum absolute atomic E-state index is 0.142. The van der Waals surface area contributed by atoms with Crippen molar-refractivity contribution >= 4 is 40.7 Å². The van der Waals surface area contributed by atoms with E-state index in [-0.39, 0.29) is 53.2 Å². The van der Waals surface area contributed by atoms with Crippen LogP contribution in [0.3, 0.4) is 0 Å². The van der Waals surface area contributed by atoms with Gasteiger partial charge in [-0.15, -0.1) is 0 Å². The van der Waals surface area contributed by atoms with E-state index in [0.717, 1.165) is 38.5 Å². The number of aromatic nitrogens is 4. The summed E-state index contributed by atoms with van der Waals surface area (Å²) in [4.78, 5) is 67.9. The molecule has 2 aliphatic heterocycles. The topological polar surface area (TPSA) is 166 Å². The number of ether oxygens (including phenoxy) is 2. The van der Waals surface area contributed by atoms with Gasteiger partial charge in [0.1, 0.15) is 24.3 Å². The van der Waals surface area contributed by atoms with Crippen LogP contribution in [-0.2, 0) is 9.47 Å². The maximum atomic E-state index is 13.7. The summed E-state index contributed by atoms with van der Waals surface area (Å²) in [7, 11) is 0. The number of nitrogens with one attached hydrogen (secondary N) is 1. The number of hydrogen-bond donors (Lipinski definition) is 2. The van der Waals surface area contributed by atoms with Crippen molar-refractivity contribution in [2.45, 2.75) is 81.8 Å². The third kappa shape index (κ3) is 5.28. The molecule has 3 fully saturated rings. The van der Waals surface area contributed by atoms with Gasteiger partial charge in [-0.3, -0.25) is 23.9 Å². The van der Waals surface area contributed by atoms with Gasteiger partial charge in [-0.1, -0.05) is 50.3 Å². The number of anilines is 1. The first-order valence-corrected chi connectivity index (χ1v) is 16.9. The van der Waals surface area contributed by atoms with E-state index in [1.165, 1.54) is 42.2 Å². The van der Waals surface area contributed by atoms with Gasteiger partial charge >= 0.3 is 5.97 Å². The molecule has 4 aromatic rings. The van der Waals surface area contributed by atoms with Gasteiger partial charge in [0.2, 0.25) is 0 Å². The van der Waals surface area contributed by atoms with E-state index < -0.39 is 23.9 Å². The van der Waals surface area contributed by atoms with E-state index in [2.05, 4.69) is 20.3 Å². The number of imidazole rings is 1. The molecule has 3 unspecified atom stereocenters. The summed E-state index contributed by atoms with van der Waals surface area (Å²) in [6.07, 6.45) is 9.34. The predicted molar refractivity (Wildman–Crippen MR) is 175 cm³/mol. The molecule has 2 aromatic heterocycles. The molecule has 13 nitrogen and oxygen atoms in total. The largest absolute Gasteiger partial charge is 0.455 e. The van der Waals surface area contributed by atoms with E-state index in [1.807, 2.05) is 6.07 Å². The van der Waals surface area contributed by atoms with Crippen LogP contribution in [-0.4, -0.2) is 77.6 Å². The average molecular weight is 665 g/mol. The number of aliphatic hydroxyl groups excluding tert-OH is 1. The number of fused-ring (bicyclic) bond motifs is 4. The summed E-state index contributed by atoms with van der Waals surface area (Å²) >= 11 is 0. The van der Waals surface area contributed by atoms with Crippen molar-refractivity contribution in [3.63, 3.8) is 0 Å². The summed E-state index contributed by atoms with van der Waals surface area (Å²) in [6, 6.07) is 13.1. The van der Waals surface area contributed by atoms with Crippen molar-refractivity contribution in [1.29, 1.82) is 0 Å². The van der Waals surface area contributed by atoms with Crippen LogP contribution in [0.1, 0.15) is 105 Å². The Hall–Kier alpha value is -5.01. The van der Waals surface area contributed by atoms with Gasteiger partial charge < -0.3 is 19.9 Å². The lowest BCUT2D eigenvalue weighted by Crippen LogP contribution is -2.43. The number of hydrogen-bond acceptors (Lipinski definition) is 10. The molecule has 2 saturated carbocycles. The lowest BCUT2D eigenvalue weighted by atomic mass is 9.95. The molecule has 8 rings (SSSR count). The molecule has 2 bridgehead atoms. The number of imide groups is 1. The van der Waals surface area contributed by atoms with Gasteiger partial charge in [0, 0.05) is 17.5 Å². The van der Waals surface area contributed by atoms with Crippen LogP contribution in [0.2, 0.25) is 0 Å². The second-order valence-electron chi connectivity index (χ2n) is 13.4. The SMILES string of the molecule is O=C(Nc1ncnc2c1ncn2C1O[C@@]2(CO)CCC1C2OC(=O)c1ccc2c(c1)C(=O)N(C1CCCCCCC1)C2=O)c1ccccc1. The molecule has 0 spiro atoms. The molecule has 13 heteroatoms.